The van der Waals surface area contributed by atoms with Gasteiger partial charge in [0.05, 0.1) is 17.1 Å². The standard InChI is InChI=1S/C26H21ClN2O3/c27-22-13-7-8-14-23(22)31-18-17-29-16-15-28-25(29)19-24(20-9-3-1-4-10-20)32-26(30)21-11-5-2-6-12-21/h1-16,19H,17-18H2. The van der Waals surface area contributed by atoms with Gasteiger partial charge in [-0.15, -0.1) is 0 Å². The molecule has 4 aromatic rings. The molecule has 0 atom stereocenters. The molecule has 0 N–H and O–H groups in total. The molecule has 4 rings (SSSR count). The van der Waals surface area contributed by atoms with E-state index in [4.69, 9.17) is 21.1 Å². The maximum absolute atomic E-state index is 12.7. The van der Waals surface area contributed by atoms with Gasteiger partial charge in [-0.05, 0) is 24.3 Å². The second-order valence-electron chi connectivity index (χ2n) is 6.89. The van der Waals surface area contributed by atoms with Crippen LogP contribution in [0, 0.1) is 0 Å². The third-order valence-corrected chi connectivity index (χ3v) is 5.02. The summed E-state index contributed by atoms with van der Waals surface area (Å²) >= 11 is 6.15. The highest BCUT2D eigenvalue weighted by molar-refractivity contribution is 6.32. The number of hydrogen-bond donors (Lipinski definition) is 0. The van der Waals surface area contributed by atoms with Gasteiger partial charge in [0, 0.05) is 24.0 Å². The lowest BCUT2D eigenvalue weighted by Crippen LogP contribution is -2.10. The molecule has 0 aliphatic rings. The molecule has 1 heterocycles. The second-order valence-corrected chi connectivity index (χ2v) is 7.30. The number of carbonyl (C=O) groups excluding carboxylic acids is 1. The third kappa shape index (κ3) is 5.45. The third-order valence-electron chi connectivity index (χ3n) is 4.70. The molecule has 0 aliphatic heterocycles. The van der Waals surface area contributed by atoms with E-state index in [9.17, 15) is 4.79 Å². The fourth-order valence-corrected chi connectivity index (χ4v) is 3.28. The number of rotatable bonds is 8. The first-order valence-corrected chi connectivity index (χ1v) is 10.5. The molecule has 1 aromatic heterocycles. The van der Waals surface area contributed by atoms with E-state index in [2.05, 4.69) is 4.98 Å². The van der Waals surface area contributed by atoms with Crippen molar-refractivity contribution in [1.29, 1.82) is 0 Å². The van der Waals surface area contributed by atoms with Crippen LogP contribution in [0.1, 0.15) is 21.7 Å². The molecule has 0 aliphatic carbocycles. The van der Waals surface area contributed by atoms with E-state index in [0.29, 0.717) is 41.1 Å². The summed E-state index contributed by atoms with van der Waals surface area (Å²) in [5.74, 6) is 1.26. The minimum Gasteiger partial charge on any atom is -0.490 e. The Kier molecular flexibility index (Phi) is 7.00. The molecule has 0 amide bonds. The minimum absolute atomic E-state index is 0.408. The lowest BCUT2D eigenvalue weighted by molar-refractivity contribution is 0.0693. The van der Waals surface area contributed by atoms with Crippen LogP contribution in [0.25, 0.3) is 11.8 Å². The van der Waals surface area contributed by atoms with Gasteiger partial charge in [0.2, 0.25) is 0 Å². The molecule has 5 nitrogen and oxygen atoms in total. The zero-order chi connectivity index (χ0) is 22.2. The first-order chi connectivity index (χ1) is 15.7. The van der Waals surface area contributed by atoms with Crippen molar-refractivity contribution in [2.24, 2.45) is 0 Å². The van der Waals surface area contributed by atoms with Gasteiger partial charge in [-0.25, -0.2) is 9.78 Å². The number of para-hydroxylation sites is 1. The van der Waals surface area contributed by atoms with Crippen LogP contribution in [0.4, 0.5) is 0 Å². The molecule has 0 fully saturated rings. The van der Waals surface area contributed by atoms with Crippen LogP contribution in [-0.2, 0) is 11.3 Å². The number of ether oxygens (including phenoxy) is 2. The van der Waals surface area contributed by atoms with Gasteiger partial charge in [0.25, 0.3) is 0 Å². The van der Waals surface area contributed by atoms with E-state index >= 15 is 0 Å². The number of hydrogen-bond acceptors (Lipinski definition) is 4. The van der Waals surface area contributed by atoms with E-state index < -0.39 is 5.97 Å². The summed E-state index contributed by atoms with van der Waals surface area (Å²) in [4.78, 5) is 17.1. The fraction of sp³-hybridized carbons (Fsp3) is 0.0769. The van der Waals surface area contributed by atoms with Crippen molar-refractivity contribution in [2.75, 3.05) is 6.61 Å². The van der Waals surface area contributed by atoms with Crippen molar-refractivity contribution in [3.63, 3.8) is 0 Å². The van der Waals surface area contributed by atoms with Gasteiger partial charge < -0.3 is 14.0 Å². The highest BCUT2D eigenvalue weighted by Gasteiger charge is 2.13. The molecule has 3 aromatic carbocycles. The molecule has 6 heteroatoms. The number of benzene rings is 3. The summed E-state index contributed by atoms with van der Waals surface area (Å²) in [6.45, 7) is 0.956. The highest BCUT2D eigenvalue weighted by Crippen LogP contribution is 2.24. The van der Waals surface area contributed by atoms with E-state index in [-0.39, 0.29) is 0 Å². The van der Waals surface area contributed by atoms with Gasteiger partial charge in [-0.2, -0.15) is 0 Å². The van der Waals surface area contributed by atoms with E-state index in [0.717, 1.165) is 5.56 Å². The van der Waals surface area contributed by atoms with Crippen LogP contribution < -0.4 is 4.74 Å². The maximum Gasteiger partial charge on any atom is 0.343 e. The van der Waals surface area contributed by atoms with Gasteiger partial charge >= 0.3 is 5.97 Å². The van der Waals surface area contributed by atoms with Crippen molar-refractivity contribution in [3.8, 4) is 5.75 Å². The molecule has 0 radical (unpaired) electrons. The molecule has 160 valence electrons. The van der Waals surface area contributed by atoms with Gasteiger partial charge in [-0.3, -0.25) is 0 Å². The Balaban J connectivity index is 1.54. The Hall–Kier alpha value is -3.83. The first kappa shape index (κ1) is 21.4. The topological polar surface area (TPSA) is 53.3 Å². The summed E-state index contributed by atoms with van der Waals surface area (Å²) in [6.07, 6.45) is 5.30. The quantitative estimate of drug-likeness (QED) is 0.248. The Morgan fingerprint density at radius 3 is 2.28 bits per heavy atom. The zero-order valence-corrected chi connectivity index (χ0v) is 18.0. The molecule has 0 saturated heterocycles. The second kappa shape index (κ2) is 10.5. The summed E-state index contributed by atoms with van der Waals surface area (Å²) in [6, 6.07) is 25.7. The number of imidazole rings is 1. The lowest BCUT2D eigenvalue weighted by Gasteiger charge is -2.12. The first-order valence-electron chi connectivity index (χ1n) is 10.1. The summed E-state index contributed by atoms with van der Waals surface area (Å²) in [5, 5.41) is 0.567. The smallest absolute Gasteiger partial charge is 0.343 e. The van der Waals surface area contributed by atoms with Crippen LogP contribution in [0.3, 0.4) is 0 Å². The monoisotopic (exact) mass is 444 g/mol. The van der Waals surface area contributed by atoms with Crippen LogP contribution >= 0.6 is 11.6 Å². The van der Waals surface area contributed by atoms with Gasteiger partial charge in [0.15, 0.2) is 0 Å². The van der Waals surface area contributed by atoms with Crippen LogP contribution in [0.2, 0.25) is 5.02 Å². The Labute approximate surface area is 191 Å². The molecule has 0 saturated carbocycles. The van der Waals surface area contributed by atoms with Crippen LogP contribution in [0.15, 0.2) is 97.3 Å². The maximum atomic E-state index is 12.7. The molecule has 0 spiro atoms. The highest BCUT2D eigenvalue weighted by atomic mass is 35.5. The number of esters is 1. The predicted octanol–water partition coefficient (Wildman–Crippen LogP) is 5.97. The molecule has 32 heavy (non-hydrogen) atoms. The zero-order valence-electron chi connectivity index (χ0n) is 17.2. The SMILES string of the molecule is O=C(OC(=Cc1nccn1CCOc1ccccc1Cl)c1ccccc1)c1ccccc1. The van der Waals surface area contributed by atoms with E-state index in [1.165, 1.54) is 0 Å². The van der Waals surface area contributed by atoms with Crippen LogP contribution in [-0.4, -0.2) is 22.1 Å². The number of halogens is 1. The van der Waals surface area contributed by atoms with Crippen LogP contribution in [0.5, 0.6) is 5.75 Å². The normalized spacial score (nSPS) is 11.2. The Morgan fingerprint density at radius 2 is 1.56 bits per heavy atom. The van der Waals surface area contributed by atoms with E-state index in [1.807, 2.05) is 65.4 Å². The van der Waals surface area contributed by atoms with Crippen molar-refractivity contribution >= 4 is 29.4 Å². The van der Waals surface area contributed by atoms with Crippen molar-refractivity contribution in [1.82, 2.24) is 9.55 Å². The molecule has 0 unspecified atom stereocenters. The van der Waals surface area contributed by atoms with Gasteiger partial charge in [-0.1, -0.05) is 72.3 Å². The van der Waals surface area contributed by atoms with Gasteiger partial charge in [0.1, 0.15) is 23.9 Å². The average Bonchev–Trinajstić information content (AvgIpc) is 3.28. The fourth-order valence-electron chi connectivity index (χ4n) is 3.09. The molecular formula is C26H21ClN2O3. The Morgan fingerprint density at radius 1 is 0.906 bits per heavy atom. The van der Waals surface area contributed by atoms with Crippen molar-refractivity contribution < 1.29 is 14.3 Å². The summed E-state index contributed by atoms with van der Waals surface area (Å²) in [7, 11) is 0. The number of carbonyl (C=O) groups is 1. The predicted molar refractivity (Wildman–Crippen MR) is 125 cm³/mol. The minimum atomic E-state index is -0.430. The number of nitrogens with zero attached hydrogens (tertiary/aromatic N) is 2. The van der Waals surface area contributed by atoms with E-state index in [1.54, 1.807) is 42.6 Å². The lowest BCUT2D eigenvalue weighted by atomic mass is 10.1. The largest absolute Gasteiger partial charge is 0.490 e. The summed E-state index contributed by atoms with van der Waals surface area (Å²) in [5.41, 5.74) is 1.25. The Bertz CT molecular complexity index is 1200. The average molecular weight is 445 g/mol. The van der Waals surface area contributed by atoms with Crippen molar-refractivity contribution in [2.45, 2.75) is 6.54 Å². The molecule has 0 bridgehead atoms. The van der Waals surface area contributed by atoms with Crippen molar-refractivity contribution in [3.05, 3.63) is 119 Å². The number of aromatic nitrogens is 2. The molecular weight excluding hydrogens is 424 g/mol. The summed E-state index contributed by atoms with van der Waals surface area (Å²) < 4.78 is 13.5.